The number of hydrogen-bond acceptors (Lipinski definition) is 4. The predicted octanol–water partition coefficient (Wildman–Crippen LogP) is 2.58. The van der Waals surface area contributed by atoms with E-state index in [1.165, 1.54) is 5.56 Å². The van der Waals surface area contributed by atoms with Gasteiger partial charge in [-0.2, -0.15) is 0 Å². The number of aldehydes is 1. The van der Waals surface area contributed by atoms with E-state index in [1.807, 2.05) is 24.3 Å². The van der Waals surface area contributed by atoms with Crippen LogP contribution in [0.15, 0.2) is 28.7 Å². The van der Waals surface area contributed by atoms with E-state index in [2.05, 4.69) is 42.8 Å². The van der Waals surface area contributed by atoms with Crippen LogP contribution in [-0.4, -0.2) is 16.5 Å². The minimum absolute atomic E-state index is 0.105. The zero-order valence-corrected chi connectivity index (χ0v) is 11.1. The van der Waals surface area contributed by atoms with E-state index >= 15 is 0 Å². The highest BCUT2D eigenvalue weighted by Crippen LogP contribution is 2.25. The lowest BCUT2D eigenvalue weighted by molar-refractivity contribution is -0.103. The van der Waals surface area contributed by atoms with Gasteiger partial charge in [-0.3, -0.25) is 4.79 Å². The Hall–Kier alpha value is -2.41. The smallest absolute Gasteiger partial charge is 0.294 e. The van der Waals surface area contributed by atoms with E-state index in [0.29, 0.717) is 12.2 Å². The van der Waals surface area contributed by atoms with Crippen LogP contribution in [-0.2, 0) is 10.2 Å². The van der Waals surface area contributed by atoms with Crippen LogP contribution in [0, 0.1) is 11.8 Å². The van der Waals surface area contributed by atoms with E-state index < -0.39 is 0 Å². The van der Waals surface area contributed by atoms with Gasteiger partial charge in [-0.05, 0) is 29.0 Å². The summed E-state index contributed by atoms with van der Waals surface area (Å²) in [6.07, 6.45) is 0.488. The molecule has 0 aliphatic carbocycles. The van der Waals surface area contributed by atoms with Crippen LogP contribution >= 0.6 is 0 Å². The fraction of sp³-hybridized carbons (Fsp3) is 0.267. The minimum atomic E-state index is 0.105. The van der Waals surface area contributed by atoms with Crippen LogP contribution in [0.4, 0.5) is 0 Å². The van der Waals surface area contributed by atoms with Crippen molar-refractivity contribution in [3.05, 3.63) is 35.7 Å². The zero-order valence-electron chi connectivity index (χ0n) is 11.1. The maximum absolute atomic E-state index is 10.1. The topological polar surface area (TPSA) is 56.0 Å². The molecule has 0 spiro atoms. The predicted molar refractivity (Wildman–Crippen MR) is 71.4 cm³/mol. The van der Waals surface area contributed by atoms with E-state index in [0.717, 1.165) is 5.56 Å². The summed E-state index contributed by atoms with van der Waals surface area (Å²) < 4.78 is 5.34. The largest absolute Gasteiger partial charge is 0.410 e. The van der Waals surface area contributed by atoms with Gasteiger partial charge in [0, 0.05) is 11.5 Å². The number of hydrogen-bond donors (Lipinski definition) is 0. The molecule has 0 aliphatic heterocycles. The first-order valence-corrected chi connectivity index (χ1v) is 5.90. The fourth-order valence-electron chi connectivity index (χ4n) is 1.59. The van der Waals surface area contributed by atoms with Crippen molar-refractivity contribution in [2.75, 3.05) is 0 Å². The lowest BCUT2D eigenvalue weighted by Crippen LogP contribution is -2.10. The van der Waals surface area contributed by atoms with Crippen molar-refractivity contribution in [1.29, 1.82) is 0 Å². The number of nitrogens with zero attached hydrogens (tertiary/aromatic N) is 2. The molecule has 19 heavy (non-hydrogen) atoms. The van der Waals surface area contributed by atoms with Crippen LogP contribution in [0.25, 0.3) is 11.5 Å². The Kier molecular flexibility index (Phi) is 3.48. The molecule has 0 N–H and O–H groups in total. The molecule has 96 valence electrons. The van der Waals surface area contributed by atoms with Gasteiger partial charge in [0.25, 0.3) is 5.89 Å². The Balaban J connectivity index is 2.27. The Morgan fingerprint density at radius 3 is 2.42 bits per heavy atom. The van der Waals surface area contributed by atoms with Gasteiger partial charge in [-0.15, -0.1) is 5.10 Å². The molecule has 2 rings (SSSR count). The molecule has 0 radical (unpaired) electrons. The molecule has 0 atom stereocenters. The number of rotatable bonds is 1. The molecule has 0 saturated carbocycles. The first kappa shape index (κ1) is 13.0. The van der Waals surface area contributed by atoms with Gasteiger partial charge in [-0.1, -0.05) is 38.0 Å². The highest BCUT2D eigenvalue weighted by atomic mass is 16.4. The molecule has 0 saturated heterocycles. The summed E-state index contributed by atoms with van der Waals surface area (Å²) in [6, 6.07) is 7.95. The second-order valence-electron chi connectivity index (χ2n) is 5.13. The molecule has 0 unspecified atom stereocenters. The average Bonchev–Trinajstić information content (AvgIpc) is 2.84. The molecule has 0 amide bonds. The zero-order chi connectivity index (χ0) is 13.9. The summed E-state index contributed by atoms with van der Waals surface area (Å²) in [5, 5.41) is 7.65. The Labute approximate surface area is 111 Å². The number of carbonyl (C=O) groups excluding carboxylic acids is 1. The lowest BCUT2D eigenvalue weighted by atomic mass is 9.87. The van der Waals surface area contributed by atoms with Crippen molar-refractivity contribution >= 4 is 6.29 Å². The second kappa shape index (κ2) is 5.07. The summed E-state index contributed by atoms with van der Waals surface area (Å²) in [7, 11) is 0. The number of benzene rings is 1. The Bertz CT molecular complexity index is 637. The molecule has 0 fully saturated rings. The molecule has 4 heteroatoms. The third kappa shape index (κ3) is 3.08. The van der Waals surface area contributed by atoms with Gasteiger partial charge in [0.05, 0.1) is 0 Å². The highest BCUT2D eigenvalue weighted by Gasteiger charge is 2.14. The molecule has 4 nitrogen and oxygen atoms in total. The molecule has 0 aliphatic rings. The summed E-state index contributed by atoms with van der Waals surface area (Å²) in [5.41, 5.74) is 2.17. The van der Waals surface area contributed by atoms with Crippen molar-refractivity contribution in [3.63, 3.8) is 0 Å². The molecule has 1 aromatic heterocycles. The Morgan fingerprint density at radius 2 is 1.84 bits per heavy atom. The van der Waals surface area contributed by atoms with Gasteiger partial charge in [0.2, 0.25) is 5.89 Å². The third-order valence-electron chi connectivity index (χ3n) is 2.66. The van der Waals surface area contributed by atoms with Crippen LogP contribution < -0.4 is 0 Å². The molecule has 1 heterocycles. The van der Waals surface area contributed by atoms with Crippen LogP contribution in [0.3, 0.4) is 0 Å². The van der Waals surface area contributed by atoms with Gasteiger partial charge >= 0.3 is 0 Å². The van der Waals surface area contributed by atoms with Crippen LogP contribution in [0.1, 0.15) is 32.2 Å². The summed E-state index contributed by atoms with van der Waals surface area (Å²) in [5.74, 6) is 5.23. The fourth-order valence-corrected chi connectivity index (χ4v) is 1.59. The second-order valence-corrected chi connectivity index (χ2v) is 5.13. The molecule has 0 bridgehead atoms. The van der Waals surface area contributed by atoms with Gasteiger partial charge in [0.1, 0.15) is 0 Å². The SMILES string of the molecule is CC(C)(C)c1ccc(-c2nnc(C#CC=O)o2)cc1. The first-order chi connectivity index (χ1) is 9.00. The van der Waals surface area contributed by atoms with E-state index in [-0.39, 0.29) is 11.3 Å². The average molecular weight is 254 g/mol. The van der Waals surface area contributed by atoms with Crippen molar-refractivity contribution in [3.8, 4) is 23.3 Å². The van der Waals surface area contributed by atoms with Crippen LogP contribution in [0.2, 0.25) is 0 Å². The molecular formula is C15H14N2O2. The quantitative estimate of drug-likeness (QED) is 0.579. The Morgan fingerprint density at radius 1 is 1.16 bits per heavy atom. The minimum Gasteiger partial charge on any atom is -0.410 e. The summed E-state index contributed by atoms with van der Waals surface area (Å²) in [6.45, 7) is 6.46. The monoisotopic (exact) mass is 254 g/mol. The van der Waals surface area contributed by atoms with Crippen molar-refractivity contribution in [2.45, 2.75) is 26.2 Å². The molecular weight excluding hydrogens is 240 g/mol. The van der Waals surface area contributed by atoms with Crippen molar-refractivity contribution in [2.24, 2.45) is 0 Å². The van der Waals surface area contributed by atoms with E-state index in [9.17, 15) is 4.79 Å². The number of carbonyl (C=O) groups is 1. The normalized spacial score (nSPS) is 10.7. The summed E-state index contributed by atoms with van der Waals surface area (Å²) in [4.78, 5) is 10.1. The first-order valence-electron chi connectivity index (χ1n) is 5.90. The van der Waals surface area contributed by atoms with Gasteiger partial charge in [-0.25, -0.2) is 0 Å². The van der Waals surface area contributed by atoms with Gasteiger partial charge < -0.3 is 4.42 Å². The third-order valence-corrected chi connectivity index (χ3v) is 2.66. The maximum Gasteiger partial charge on any atom is 0.294 e. The van der Waals surface area contributed by atoms with E-state index in [4.69, 9.17) is 4.42 Å². The molecule has 1 aromatic carbocycles. The van der Waals surface area contributed by atoms with Crippen molar-refractivity contribution < 1.29 is 9.21 Å². The highest BCUT2D eigenvalue weighted by molar-refractivity contribution is 5.73. The molecule has 2 aromatic rings. The standard InChI is InChI=1S/C15H14N2O2/c1-15(2,3)12-8-6-11(7-9-12)14-17-16-13(19-14)5-4-10-18/h6-10H,1-3H3. The maximum atomic E-state index is 10.1. The van der Waals surface area contributed by atoms with Crippen LogP contribution in [0.5, 0.6) is 0 Å². The van der Waals surface area contributed by atoms with Crippen molar-refractivity contribution in [1.82, 2.24) is 10.2 Å². The summed E-state index contributed by atoms with van der Waals surface area (Å²) >= 11 is 0. The lowest BCUT2D eigenvalue weighted by Gasteiger charge is -2.18. The van der Waals surface area contributed by atoms with E-state index in [1.54, 1.807) is 0 Å². The van der Waals surface area contributed by atoms with Gasteiger partial charge in [0.15, 0.2) is 6.29 Å². The number of aromatic nitrogens is 2.